The van der Waals surface area contributed by atoms with Gasteiger partial charge in [0.05, 0.1) is 14.7 Å². The van der Waals surface area contributed by atoms with Crippen LogP contribution in [0.2, 0.25) is 19.1 Å². The monoisotopic (exact) mass is 558 g/mol. The Morgan fingerprint density at radius 2 is 1.16 bits per heavy atom. The fourth-order valence-corrected chi connectivity index (χ4v) is 6.48. The Morgan fingerprint density at radius 1 is 0.684 bits per heavy atom. The van der Waals surface area contributed by atoms with Crippen LogP contribution in [0.4, 0.5) is 0 Å². The number of esters is 4. The standard InChI is InChI=1S/C28H50O9Si/c1-8-9-10-11-12-13-14-15-16-17-20-38(6,7)28(33)27(37-24(5)32)26(36-23(4)31)25(35-22(3)30)18-19-34-21(2)29/h25,28,33H,8-20H2,1-7H3. The second-order valence-corrected chi connectivity index (χ2v) is 15.5. The Balaban J connectivity index is 5.61. The average molecular weight is 559 g/mol. The minimum absolute atomic E-state index is 0.0559. The minimum Gasteiger partial charge on any atom is -0.466 e. The number of carbonyl (C=O) groups excluding carboxylic acids is 4. The fraction of sp³-hybridized carbons (Fsp3) is 0.786. The van der Waals surface area contributed by atoms with Crippen LogP contribution in [-0.2, 0) is 38.1 Å². The highest BCUT2D eigenvalue weighted by Crippen LogP contribution is 2.30. The van der Waals surface area contributed by atoms with Crippen molar-refractivity contribution in [2.75, 3.05) is 6.61 Å². The molecule has 1 N–H and O–H groups in total. The summed E-state index contributed by atoms with van der Waals surface area (Å²) in [5.41, 5.74) is -1.20. The third-order valence-corrected chi connectivity index (χ3v) is 9.58. The molecular weight excluding hydrogens is 508 g/mol. The van der Waals surface area contributed by atoms with Gasteiger partial charge in [0, 0.05) is 34.1 Å². The fourth-order valence-electron chi connectivity index (χ4n) is 4.14. The van der Waals surface area contributed by atoms with E-state index in [-0.39, 0.29) is 24.5 Å². The van der Waals surface area contributed by atoms with Gasteiger partial charge >= 0.3 is 23.9 Å². The van der Waals surface area contributed by atoms with E-state index in [2.05, 4.69) is 6.92 Å². The topological polar surface area (TPSA) is 125 Å². The van der Waals surface area contributed by atoms with Gasteiger partial charge in [-0.3, -0.25) is 19.2 Å². The van der Waals surface area contributed by atoms with Crippen LogP contribution in [0.5, 0.6) is 0 Å². The number of rotatable bonds is 20. The highest BCUT2D eigenvalue weighted by atomic mass is 28.3. The normalized spacial score (nSPS) is 13.7. The molecule has 0 aromatic carbocycles. The molecule has 10 heteroatoms. The number of ether oxygens (including phenoxy) is 4. The summed E-state index contributed by atoms with van der Waals surface area (Å²) in [6, 6.07) is 0.758. The summed E-state index contributed by atoms with van der Waals surface area (Å²) in [4.78, 5) is 47.0. The number of unbranched alkanes of at least 4 members (excludes halogenated alkanes) is 9. The van der Waals surface area contributed by atoms with Gasteiger partial charge in [0.15, 0.2) is 17.6 Å². The molecule has 0 rings (SSSR count). The molecule has 0 saturated heterocycles. The molecule has 220 valence electrons. The highest BCUT2D eigenvalue weighted by Gasteiger charge is 2.39. The predicted octanol–water partition coefficient (Wildman–Crippen LogP) is 5.74. The van der Waals surface area contributed by atoms with E-state index in [4.69, 9.17) is 18.9 Å². The van der Waals surface area contributed by atoms with Gasteiger partial charge in [-0.2, -0.15) is 0 Å². The Bertz CT molecular complexity index is 776. The summed E-state index contributed by atoms with van der Waals surface area (Å²) < 4.78 is 21.1. The first-order valence-corrected chi connectivity index (χ1v) is 17.2. The van der Waals surface area contributed by atoms with Gasteiger partial charge in [-0.05, 0) is 0 Å². The van der Waals surface area contributed by atoms with Crippen molar-refractivity contribution in [1.29, 1.82) is 0 Å². The molecule has 0 aromatic rings. The van der Waals surface area contributed by atoms with Gasteiger partial charge < -0.3 is 24.1 Å². The molecule has 0 saturated carbocycles. The van der Waals surface area contributed by atoms with E-state index in [1.807, 2.05) is 13.1 Å². The molecule has 0 radical (unpaired) electrons. The number of aliphatic hydroxyl groups excluding tert-OH is 1. The van der Waals surface area contributed by atoms with Crippen LogP contribution in [0, 0.1) is 0 Å². The van der Waals surface area contributed by atoms with Gasteiger partial charge in [0.2, 0.25) is 0 Å². The zero-order valence-corrected chi connectivity index (χ0v) is 25.6. The average Bonchev–Trinajstić information content (AvgIpc) is 2.80. The van der Waals surface area contributed by atoms with Gasteiger partial charge in [-0.1, -0.05) is 90.3 Å². The number of hydrogen-bond acceptors (Lipinski definition) is 9. The lowest BCUT2D eigenvalue weighted by molar-refractivity contribution is -0.153. The molecule has 9 nitrogen and oxygen atoms in total. The Hall–Kier alpha value is -2.20. The minimum atomic E-state index is -2.47. The molecule has 0 aliphatic rings. The zero-order chi connectivity index (χ0) is 29.1. The maximum absolute atomic E-state index is 12.0. The molecule has 38 heavy (non-hydrogen) atoms. The molecule has 0 aliphatic carbocycles. The molecule has 0 aromatic heterocycles. The lowest BCUT2D eigenvalue weighted by Gasteiger charge is -2.32. The van der Waals surface area contributed by atoms with E-state index in [9.17, 15) is 24.3 Å². The van der Waals surface area contributed by atoms with Gasteiger partial charge in [-0.25, -0.2) is 0 Å². The molecule has 0 bridgehead atoms. The Labute approximate surface area is 229 Å². The van der Waals surface area contributed by atoms with Crippen molar-refractivity contribution >= 4 is 32.0 Å². The van der Waals surface area contributed by atoms with Crippen LogP contribution in [0.25, 0.3) is 0 Å². The van der Waals surface area contributed by atoms with Crippen molar-refractivity contribution in [3.8, 4) is 0 Å². The summed E-state index contributed by atoms with van der Waals surface area (Å²) in [5, 5.41) is 11.4. The van der Waals surface area contributed by atoms with E-state index in [0.29, 0.717) is 0 Å². The summed E-state index contributed by atoms with van der Waals surface area (Å²) in [7, 11) is -2.47. The van der Waals surface area contributed by atoms with Crippen molar-refractivity contribution < 1.29 is 43.2 Å². The lowest BCUT2D eigenvalue weighted by atomic mass is 10.1. The molecule has 0 heterocycles. The maximum Gasteiger partial charge on any atom is 0.307 e. The molecular formula is C28H50O9Si. The predicted molar refractivity (Wildman–Crippen MR) is 148 cm³/mol. The smallest absolute Gasteiger partial charge is 0.307 e. The van der Waals surface area contributed by atoms with Gasteiger partial charge in [-0.15, -0.1) is 0 Å². The molecule has 0 spiro atoms. The first kappa shape index (κ1) is 35.8. The Kier molecular flexibility index (Phi) is 18.7. The third kappa shape index (κ3) is 16.6. The maximum atomic E-state index is 12.0. The van der Waals surface area contributed by atoms with E-state index in [1.54, 1.807) is 0 Å². The number of aliphatic hydroxyl groups is 1. The number of carbonyl (C=O) groups is 4. The van der Waals surface area contributed by atoms with Crippen LogP contribution < -0.4 is 0 Å². The van der Waals surface area contributed by atoms with E-state index in [1.165, 1.54) is 65.7 Å². The van der Waals surface area contributed by atoms with E-state index in [0.717, 1.165) is 32.2 Å². The molecule has 2 unspecified atom stereocenters. The van der Waals surface area contributed by atoms with E-state index >= 15 is 0 Å². The second-order valence-electron chi connectivity index (χ2n) is 10.5. The van der Waals surface area contributed by atoms with Crippen molar-refractivity contribution in [2.24, 2.45) is 0 Å². The van der Waals surface area contributed by atoms with Crippen LogP contribution in [0.3, 0.4) is 0 Å². The molecule has 0 amide bonds. The SMILES string of the molecule is CCCCCCCCCCCC[Si](C)(C)C(O)C(OC(C)=O)=C(OC(C)=O)C(CCOC(C)=O)OC(C)=O. The molecule has 0 fully saturated rings. The first-order chi connectivity index (χ1) is 17.8. The molecule has 0 aliphatic heterocycles. The molecule has 2 atom stereocenters. The third-order valence-electron chi connectivity index (χ3n) is 6.20. The zero-order valence-electron chi connectivity index (χ0n) is 24.6. The summed E-state index contributed by atoms with van der Waals surface area (Å²) >= 11 is 0. The van der Waals surface area contributed by atoms with Crippen molar-refractivity contribution in [3.05, 3.63) is 11.5 Å². The second kappa shape index (κ2) is 19.8. The van der Waals surface area contributed by atoms with Crippen LogP contribution >= 0.6 is 0 Å². The summed E-state index contributed by atoms with van der Waals surface area (Å²) in [6.07, 6.45) is 10.7. The van der Waals surface area contributed by atoms with E-state index < -0.39 is 43.8 Å². The number of hydrogen-bond donors (Lipinski definition) is 1. The summed E-state index contributed by atoms with van der Waals surface area (Å²) in [5.74, 6) is -3.16. The first-order valence-electron chi connectivity index (χ1n) is 13.9. The lowest BCUT2D eigenvalue weighted by Crippen LogP contribution is -2.45. The van der Waals surface area contributed by atoms with Crippen molar-refractivity contribution in [1.82, 2.24) is 0 Å². The van der Waals surface area contributed by atoms with Crippen LogP contribution in [-0.4, -0.2) is 55.5 Å². The van der Waals surface area contributed by atoms with Crippen molar-refractivity contribution in [2.45, 2.75) is 136 Å². The largest absolute Gasteiger partial charge is 0.466 e. The Morgan fingerprint density at radius 3 is 1.61 bits per heavy atom. The van der Waals surface area contributed by atoms with Crippen LogP contribution in [0.15, 0.2) is 11.5 Å². The van der Waals surface area contributed by atoms with Crippen LogP contribution in [0.1, 0.15) is 105 Å². The van der Waals surface area contributed by atoms with Gasteiger partial charge in [0.1, 0.15) is 5.73 Å². The van der Waals surface area contributed by atoms with Crippen molar-refractivity contribution in [3.63, 3.8) is 0 Å². The van der Waals surface area contributed by atoms with Gasteiger partial charge in [0.25, 0.3) is 0 Å². The quantitative estimate of drug-likeness (QED) is 0.0654. The summed E-state index contributed by atoms with van der Waals surface area (Å²) in [6.45, 7) is 10.8. The highest BCUT2D eigenvalue weighted by molar-refractivity contribution is 6.79.